The molecular formula is C31H39N3O4S. The zero-order chi connectivity index (χ0) is 28.7. The molecule has 0 fully saturated rings. The molecule has 39 heavy (non-hydrogen) atoms. The quantitative estimate of drug-likeness (QED) is 0.365. The molecule has 0 aliphatic carbocycles. The third-order valence-electron chi connectivity index (χ3n) is 6.43. The van der Waals surface area contributed by atoms with E-state index in [2.05, 4.69) is 5.32 Å². The molecule has 3 aromatic rings. The Balaban J connectivity index is 2.03. The van der Waals surface area contributed by atoms with Gasteiger partial charge in [0, 0.05) is 13.1 Å². The molecule has 0 aromatic heterocycles. The number of carbonyl (C=O) groups excluding carboxylic acids is 2. The SMILES string of the molecule is Cc1ccc(CN(C(=O)CN(c2cc(C)cc(C)c2)S(=O)(=O)c2ccccc2)[C@H](C)C(=O)NCC(C)C)cc1. The number of nitrogens with zero attached hydrogens (tertiary/aromatic N) is 2. The average molecular weight is 550 g/mol. The molecule has 1 N–H and O–H groups in total. The smallest absolute Gasteiger partial charge is 0.264 e. The van der Waals surface area contributed by atoms with Gasteiger partial charge in [0.25, 0.3) is 10.0 Å². The van der Waals surface area contributed by atoms with Crippen LogP contribution in [0.5, 0.6) is 0 Å². The summed E-state index contributed by atoms with van der Waals surface area (Å²) < 4.78 is 28.9. The van der Waals surface area contributed by atoms with E-state index < -0.39 is 28.5 Å². The molecule has 7 nitrogen and oxygen atoms in total. The van der Waals surface area contributed by atoms with Gasteiger partial charge in [-0.1, -0.05) is 67.9 Å². The number of amides is 2. The van der Waals surface area contributed by atoms with Crippen LogP contribution < -0.4 is 9.62 Å². The minimum Gasteiger partial charge on any atom is -0.354 e. The van der Waals surface area contributed by atoms with Gasteiger partial charge in [-0.2, -0.15) is 0 Å². The lowest BCUT2D eigenvalue weighted by Gasteiger charge is -2.32. The normalized spacial score (nSPS) is 12.2. The van der Waals surface area contributed by atoms with Crippen LogP contribution in [0.1, 0.15) is 43.0 Å². The number of nitrogens with one attached hydrogen (secondary N) is 1. The lowest BCUT2D eigenvalue weighted by molar-refractivity contribution is -0.139. The first-order chi connectivity index (χ1) is 18.4. The summed E-state index contributed by atoms with van der Waals surface area (Å²) >= 11 is 0. The van der Waals surface area contributed by atoms with Gasteiger partial charge in [0.2, 0.25) is 11.8 Å². The van der Waals surface area contributed by atoms with E-state index in [4.69, 9.17) is 0 Å². The molecule has 2 amide bonds. The fourth-order valence-electron chi connectivity index (χ4n) is 4.27. The Labute approximate surface area is 232 Å². The highest BCUT2D eigenvalue weighted by Gasteiger charge is 2.32. The molecule has 0 saturated carbocycles. The summed E-state index contributed by atoms with van der Waals surface area (Å²) in [4.78, 5) is 28.6. The third kappa shape index (κ3) is 7.93. The summed E-state index contributed by atoms with van der Waals surface area (Å²) in [5, 5.41) is 2.90. The van der Waals surface area contributed by atoms with Crippen LogP contribution in [0.4, 0.5) is 5.69 Å². The van der Waals surface area contributed by atoms with Crippen LogP contribution in [-0.4, -0.2) is 44.3 Å². The van der Waals surface area contributed by atoms with E-state index in [1.54, 1.807) is 37.3 Å². The van der Waals surface area contributed by atoms with Crippen molar-refractivity contribution in [1.29, 1.82) is 0 Å². The summed E-state index contributed by atoms with van der Waals surface area (Å²) in [5.41, 5.74) is 4.08. The van der Waals surface area contributed by atoms with E-state index >= 15 is 0 Å². The van der Waals surface area contributed by atoms with Crippen LogP contribution in [0.3, 0.4) is 0 Å². The first-order valence-corrected chi connectivity index (χ1v) is 14.6. The van der Waals surface area contributed by atoms with Crippen molar-refractivity contribution in [3.63, 3.8) is 0 Å². The number of carbonyl (C=O) groups is 2. The summed E-state index contributed by atoms with van der Waals surface area (Å²) in [6.07, 6.45) is 0. The molecule has 0 saturated heterocycles. The highest BCUT2D eigenvalue weighted by atomic mass is 32.2. The van der Waals surface area contributed by atoms with Gasteiger partial charge in [-0.05, 0) is 74.6 Å². The molecular weight excluding hydrogens is 510 g/mol. The van der Waals surface area contributed by atoms with Crippen molar-refractivity contribution in [1.82, 2.24) is 10.2 Å². The molecule has 1 atom stereocenters. The van der Waals surface area contributed by atoms with Crippen molar-refractivity contribution in [3.8, 4) is 0 Å². The second-order valence-corrected chi connectivity index (χ2v) is 12.4. The van der Waals surface area contributed by atoms with Gasteiger partial charge in [0.05, 0.1) is 10.6 Å². The number of rotatable bonds is 11. The van der Waals surface area contributed by atoms with Crippen molar-refractivity contribution < 1.29 is 18.0 Å². The zero-order valence-corrected chi connectivity index (χ0v) is 24.5. The Bertz CT molecular complexity index is 1370. The van der Waals surface area contributed by atoms with E-state index in [0.717, 1.165) is 26.6 Å². The molecule has 0 heterocycles. The largest absolute Gasteiger partial charge is 0.354 e. The molecule has 208 valence electrons. The van der Waals surface area contributed by atoms with Gasteiger partial charge >= 0.3 is 0 Å². The lowest BCUT2D eigenvalue weighted by atomic mass is 10.1. The van der Waals surface area contributed by atoms with Crippen LogP contribution in [0.25, 0.3) is 0 Å². The third-order valence-corrected chi connectivity index (χ3v) is 8.22. The Morgan fingerprint density at radius 3 is 1.97 bits per heavy atom. The van der Waals surface area contributed by atoms with Crippen molar-refractivity contribution in [3.05, 3.63) is 95.1 Å². The molecule has 0 bridgehead atoms. The van der Waals surface area contributed by atoms with Gasteiger partial charge in [-0.15, -0.1) is 0 Å². The molecule has 0 aliphatic rings. The maximum absolute atomic E-state index is 14.0. The van der Waals surface area contributed by atoms with Crippen molar-refractivity contribution in [2.45, 2.75) is 59.0 Å². The van der Waals surface area contributed by atoms with E-state index in [-0.39, 0.29) is 23.3 Å². The Morgan fingerprint density at radius 2 is 1.41 bits per heavy atom. The van der Waals surface area contributed by atoms with E-state index in [1.807, 2.05) is 65.0 Å². The second-order valence-electron chi connectivity index (χ2n) is 10.5. The molecule has 8 heteroatoms. The minimum atomic E-state index is -4.08. The number of sulfonamides is 1. The zero-order valence-electron chi connectivity index (χ0n) is 23.6. The fraction of sp³-hybridized carbons (Fsp3) is 0.355. The Hall–Kier alpha value is -3.65. The first kappa shape index (κ1) is 29.9. The lowest BCUT2D eigenvalue weighted by Crippen LogP contribution is -2.51. The van der Waals surface area contributed by atoms with Crippen LogP contribution >= 0.6 is 0 Å². The predicted octanol–water partition coefficient (Wildman–Crippen LogP) is 5.00. The highest BCUT2D eigenvalue weighted by Crippen LogP contribution is 2.26. The predicted molar refractivity (Wildman–Crippen MR) is 156 cm³/mol. The number of benzene rings is 3. The van der Waals surface area contributed by atoms with Crippen LogP contribution in [-0.2, 0) is 26.2 Å². The summed E-state index contributed by atoms with van der Waals surface area (Å²) in [6.45, 7) is 11.6. The topological polar surface area (TPSA) is 86.8 Å². The average Bonchev–Trinajstić information content (AvgIpc) is 2.89. The molecule has 0 unspecified atom stereocenters. The van der Waals surface area contributed by atoms with E-state index in [9.17, 15) is 18.0 Å². The standard InChI is InChI=1S/C31H39N3O4S/c1-22(2)19-32-31(36)26(6)33(20-27-14-12-23(3)13-15-27)30(35)21-34(28-17-24(4)16-25(5)18-28)39(37,38)29-10-8-7-9-11-29/h7-18,22,26H,19-21H2,1-6H3,(H,32,36)/t26-/m1/s1. The van der Waals surface area contributed by atoms with Crippen molar-refractivity contribution >= 4 is 27.5 Å². The second kappa shape index (κ2) is 12.9. The molecule has 0 radical (unpaired) electrons. The van der Waals surface area contributed by atoms with Crippen molar-refractivity contribution in [2.24, 2.45) is 5.92 Å². The first-order valence-electron chi connectivity index (χ1n) is 13.2. The summed E-state index contributed by atoms with van der Waals surface area (Å²) in [7, 11) is -4.08. The maximum atomic E-state index is 14.0. The highest BCUT2D eigenvalue weighted by molar-refractivity contribution is 7.92. The number of aryl methyl sites for hydroxylation is 3. The monoisotopic (exact) mass is 549 g/mol. The van der Waals surface area contributed by atoms with Gasteiger partial charge in [-0.25, -0.2) is 8.42 Å². The molecule has 3 aromatic carbocycles. The van der Waals surface area contributed by atoms with Gasteiger partial charge in [-0.3, -0.25) is 13.9 Å². The van der Waals surface area contributed by atoms with Crippen LogP contribution in [0.15, 0.2) is 77.7 Å². The van der Waals surface area contributed by atoms with Gasteiger partial charge < -0.3 is 10.2 Å². The number of hydrogen-bond acceptors (Lipinski definition) is 4. The van der Waals surface area contributed by atoms with E-state index in [1.165, 1.54) is 17.0 Å². The van der Waals surface area contributed by atoms with Crippen molar-refractivity contribution in [2.75, 3.05) is 17.4 Å². The summed E-state index contributed by atoms with van der Waals surface area (Å²) in [6, 6.07) is 20.4. The van der Waals surface area contributed by atoms with Crippen LogP contribution in [0, 0.1) is 26.7 Å². The Morgan fingerprint density at radius 1 is 0.821 bits per heavy atom. The Kier molecular flexibility index (Phi) is 9.92. The fourth-order valence-corrected chi connectivity index (χ4v) is 5.69. The van der Waals surface area contributed by atoms with Gasteiger partial charge in [0.1, 0.15) is 12.6 Å². The maximum Gasteiger partial charge on any atom is 0.264 e. The molecule has 3 rings (SSSR count). The van der Waals surface area contributed by atoms with E-state index in [0.29, 0.717) is 12.2 Å². The molecule has 0 spiro atoms. The minimum absolute atomic E-state index is 0.0877. The number of anilines is 1. The molecule has 0 aliphatic heterocycles. The van der Waals surface area contributed by atoms with Crippen LogP contribution in [0.2, 0.25) is 0 Å². The summed E-state index contributed by atoms with van der Waals surface area (Å²) in [5.74, 6) is -0.507. The number of hydrogen-bond donors (Lipinski definition) is 1. The van der Waals surface area contributed by atoms with Gasteiger partial charge in [0.15, 0.2) is 0 Å².